The van der Waals surface area contributed by atoms with Gasteiger partial charge in [0.1, 0.15) is 5.82 Å². The molecule has 1 saturated heterocycles. The number of nitrogens with one attached hydrogen (secondary N) is 3. The summed E-state index contributed by atoms with van der Waals surface area (Å²) in [6.45, 7) is 5.11. The number of anilines is 2. The number of methoxy groups -OCH3 is 1. The fourth-order valence-corrected chi connectivity index (χ4v) is 5.19. The molecular weight excluding hydrogens is 469 g/mol. The predicted octanol–water partition coefficient (Wildman–Crippen LogP) is 5.12. The number of nitrogens with zero attached hydrogens (tertiary/aromatic N) is 2. The zero-order chi connectivity index (χ0) is 24.6. The van der Waals surface area contributed by atoms with Gasteiger partial charge in [-0.1, -0.05) is 11.6 Å². The molecule has 7 nitrogen and oxygen atoms in total. The van der Waals surface area contributed by atoms with Crippen LogP contribution in [-0.4, -0.2) is 61.6 Å². The third-order valence-corrected chi connectivity index (χ3v) is 7.24. The van der Waals surface area contributed by atoms with Crippen molar-refractivity contribution in [3.05, 3.63) is 35.5 Å². The lowest BCUT2D eigenvalue weighted by Gasteiger charge is -2.32. The molecule has 2 aromatic rings. The fraction of sp³-hybridized carbons (Fsp3) is 0.615. The number of hydrogen-bond acceptors (Lipinski definition) is 7. The average molecular weight is 506 g/mol. The summed E-state index contributed by atoms with van der Waals surface area (Å²) in [5.41, 5.74) is 1.94. The van der Waals surface area contributed by atoms with Crippen LogP contribution < -0.4 is 16.0 Å². The Balaban J connectivity index is 1.37. The molecule has 2 aliphatic rings. The number of aromatic nitrogens is 2. The van der Waals surface area contributed by atoms with E-state index in [1.54, 1.807) is 19.4 Å². The molecule has 0 aromatic carbocycles. The Morgan fingerprint density at radius 1 is 1.09 bits per heavy atom. The Morgan fingerprint density at radius 2 is 1.83 bits per heavy atom. The van der Waals surface area contributed by atoms with Crippen molar-refractivity contribution in [2.45, 2.75) is 63.6 Å². The molecule has 0 unspecified atom stereocenters. The highest BCUT2D eigenvalue weighted by atomic mass is 35.5. The summed E-state index contributed by atoms with van der Waals surface area (Å²) in [7, 11) is 1.74. The SMILES string of the molecule is COC[C@@H](C)N[C@H]1CC[C@H](Nc2cc(-c3cnc(F)c(NCC4CCOCC4)c3)c(Cl)cn2)CC1. The van der Waals surface area contributed by atoms with E-state index in [1.807, 2.05) is 6.07 Å². The molecule has 35 heavy (non-hydrogen) atoms. The first-order valence-electron chi connectivity index (χ1n) is 12.7. The molecule has 0 amide bonds. The molecule has 1 aliphatic carbocycles. The molecule has 0 spiro atoms. The Hall–Kier alpha value is -2.00. The lowest BCUT2D eigenvalue weighted by Crippen LogP contribution is -2.42. The normalized spacial score (nSPS) is 22.1. The second-order valence-electron chi connectivity index (χ2n) is 9.76. The van der Waals surface area contributed by atoms with E-state index in [0.717, 1.165) is 75.3 Å². The topological polar surface area (TPSA) is 80.3 Å². The molecule has 192 valence electrons. The van der Waals surface area contributed by atoms with Crippen LogP contribution in [0, 0.1) is 11.9 Å². The van der Waals surface area contributed by atoms with Gasteiger partial charge in [-0.3, -0.25) is 0 Å². The van der Waals surface area contributed by atoms with Crippen LogP contribution in [0.1, 0.15) is 45.4 Å². The van der Waals surface area contributed by atoms with Crippen molar-refractivity contribution < 1.29 is 13.9 Å². The van der Waals surface area contributed by atoms with Gasteiger partial charge in [-0.25, -0.2) is 9.97 Å². The van der Waals surface area contributed by atoms with Crippen molar-refractivity contribution in [3.8, 4) is 11.1 Å². The second-order valence-corrected chi connectivity index (χ2v) is 10.2. The van der Waals surface area contributed by atoms with E-state index < -0.39 is 5.95 Å². The first kappa shape index (κ1) is 26.1. The van der Waals surface area contributed by atoms with Crippen LogP contribution in [0.2, 0.25) is 5.02 Å². The standard InChI is InChI=1S/C26H37ClFN5O2/c1-17(16-34-2)32-20-3-5-21(6-4-20)33-25-12-22(23(27)15-30-25)19-11-24(26(28)31-14-19)29-13-18-7-9-35-10-8-18/h11-12,14-15,17-18,20-21,29,32H,3-10,13,16H2,1-2H3,(H,30,33)/t17-,20-,21-/m1/s1. The molecule has 1 aliphatic heterocycles. The van der Waals surface area contributed by atoms with Crippen LogP contribution in [0.15, 0.2) is 24.5 Å². The molecule has 3 heterocycles. The Labute approximate surface area is 212 Å². The van der Waals surface area contributed by atoms with Crippen molar-refractivity contribution in [2.24, 2.45) is 5.92 Å². The summed E-state index contributed by atoms with van der Waals surface area (Å²) >= 11 is 6.49. The Bertz CT molecular complexity index is 951. The first-order chi connectivity index (χ1) is 17.0. The second kappa shape index (κ2) is 12.8. The third-order valence-electron chi connectivity index (χ3n) is 6.94. The highest BCUT2D eigenvalue weighted by molar-refractivity contribution is 6.33. The number of halogens is 2. The molecular formula is C26H37ClFN5O2. The van der Waals surface area contributed by atoms with Gasteiger partial charge in [0.2, 0.25) is 5.95 Å². The van der Waals surface area contributed by atoms with Crippen LogP contribution in [-0.2, 0) is 9.47 Å². The molecule has 2 fully saturated rings. The number of rotatable bonds is 10. The predicted molar refractivity (Wildman–Crippen MR) is 139 cm³/mol. The van der Waals surface area contributed by atoms with E-state index in [0.29, 0.717) is 41.3 Å². The molecule has 2 aromatic heterocycles. The minimum atomic E-state index is -0.505. The van der Waals surface area contributed by atoms with E-state index >= 15 is 0 Å². The van der Waals surface area contributed by atoms with Crippen molar-refractivity contribution in [1.29, 1.82) is 0 Å². The maximum Gasteiger partial charge on any atom is 0.236 e. The van der Waals surface area contributed by atoms with Gasteiger partial charge in [0.15, 0.2) is 0 Å². The smallest absolute Gasteiger partial charge is 0.236 e. The lowest BCUT2D eigenvalue weighted by molar-refractivity contribution is 0.0699. The van der Waals surface area contributed by atoms with Gasteiger partial charge in [-0.05, 0) is 63.5 Å². The summed E-state index contributed by atoms with van der Waals surface area (Å²) in [6, 6.07) is 4.95. The monoisotopic (exact) mass is 505 g/mol. The van der Waals surface area contributed by atoms with Crippen LogP contribution in [0.5, 0.6) is 0 Å². The Kier molecular flexibility index (Phi) is 9.54. The van der Waals surface area contributed by atoms with Crippen molar-refractivity contribution in [3.63, 3.8) is 0 Å². The largest absolute Gasteiger partial charge is 0.383 e. The molecule has 0 bridgehead atoms. The van der Waals surface area contributed by atoms with Gasteiger partial charge >= 0.3 is 0 Å². The fourth-order valence-electron chi connectivity index (χ4n) is 4.98. The van der Waals surface area contributed by atoms with E-state index in [4.69, 9.17) is 21.1 Å². The van der Waals surface area contributed by atoms with Crippen molar-refractivity contribution in [1.82, 2.24) is 15.3 Å². The summed E-state index contributed by atoms with van der Waals surface area (Å²) in [4.78, 5) is 8.47. The molecule has 1 saturated carbocycles. The Morgan fingerprint density at radius 3 is 2.57 bits per heavy atom. The van der Waals surface area contributed by atoms with Crippen molar-refractivity contribution >= 4 is 23.1 Å². The van der Waals surface area contributed by atoms with Gasteiger partial charge in [-0.2, -0.15) is 4.39 Å². The zero-order valence-corrected chi connectivity index (χ0v) is 21.4. The van der Waals surface area contributed by atoms with Crippen molar-refractivity contribution in [2.75, 3.05) is 44.1 Å². The quantitative estimate of drug-likeness (QED) is 0.386. The minimum absolute atomic E-state index is 0.357. The highest BCUT2D eigenvalue weighted by Gasteiger charge is 2.23. The third kappa shape index (κ3) is 7.49. The summed E-state index contributed by atoms with van der Waals surface area (Å²) < 4.78 is 25.1. The first-order valence-corrected chi connectivity index (χ1v) is 13.0. The molecule has 4 rings (SSSR count). The maximum absolute atomic E-state index is 14.4. The van der Waals surface area contributed by atoms with Gasteiger partial charge in [-0.15, -0.1) is 0 Å². The van der Waals surface area contributed by atoms with E-state index in [9.17, 15) is 4.39 Å². The molecule has 0 radical (unpaired) electrons. The van der Waals surface area contributed by atoms with E-state index in [2.05, 4.69) is 32.8 Å². The number of hydrogen-bond donors (Lipinski definition) is 3. The summed E-state index contributed by atoms with van der Waals surface area (Å²) in [5, 5.41) is 11.0. The van der Waals surface area contributed by atoms with E-state index in [-0.39, 0.29) is 0 Å². The number of pyridine rings is 2. The number of ether oxygens (including phenoxy) is 2. The van der Waals surface area contributed by atoms with Crippen LogP contribution >= 0.6 is 11.6 Å². The van der Waals surface area contributed by atoms with Gasteiger partial charge in [0.05, 0.1) is 17.3 Å². The average Bonchev–Trinajstić information content (AvgIpc) is 2.87. The molecule has 3 N–H and O–H groups in total. The van der Waals surface area contributed by atoms with Gasteiger partial charge < -0.3 is 25.4 Å². The molecule has 1 atom stereocenters. The van der Waals surface area contributed by atoms with Crippen LogP contribution in [0.3, 0.4) is 0 Å². The molecule has 9 heteroatoms. The van der Waals surface area contributed by atoms with Gasteiger partial charge in [0, 0.05) is 68.5 Å². The zero-order valence-electron chi connectivity index (χ0n) is 20.7. The minimum Gasteiger partial charge on any atom is -0.383 e. The van der Waals surface area contributed by atoms with Crippen LogP contribution in [0.4, 0.5) is 15.9 Å². The lowest BCUT2D eigenvalue weighted by atomic mass is 9.90. The summed E-state index contributed by atoms with van der Waals surface area (Å²) in [5.74, 6) is 0.740. The summed E-state index contributed by atoms with van der Waals surface area (Å²) in [6.07, 6.45) is 9.49. The maximum atomic E-state index is 14.4. The van der Waals surface area contributed by atoms with E-state index in [1.165, 1.54) is 6.20 Å². The van der Waals surface area contributed by atoms with Gasteiger partial charge in [0.25, 0.3) is 0 Å². The highest BCUT2D eigenvalue weighted by Crippen LogP contribution is 2.32. The van der Waals surface area contributed by atoms with Crippen LogP contribution in [0.25, 0.3) is 11.1 Å².